The number of benzene rings is 2. The van der Waals surface area contributed by atoms with Crippen molar-refractivity contribution >= 4 is 11.8 Å². The van der Waals surface area contributed by atoms with Gasteiger partial charge in [-0.25, -0.2) is 4.39 Å². The molecule has 2 rings (SSSR count). The van der Waals surface area contributed by atoms with Crippen molar-refractivity contribution in [1.29, 1.82) is 0 Å². The molecule has 0 saturated carbocycles. The van der Waals surface area contributed by atoms with Crippen LogP contribution in [0.5, 0.6) is 0 Å². The topological polar surface area (TPSA) is 67.4 Å². The molecule has 5 nitrogen and oxygen atoms in total. The Bertz CT molecular complexity index is 745. The van der Waals surface area contributed by atoms with Crippen molar-refractivity contribution < 1.29 is 18.7 Å². The Morgan fingerprint density at radius 1 is 1.04 bits per heavy atom. The molecule has 0 unspecified atom stereocenters. The number of rotatable bonds is 8. The summed E-state index contributed by atoms with van der Waals surface area (Å²) in [6.07, 6.45) is 0.156. The molecule has 0 radical (unpaired) electrons. The first kappa shape index (κ1) is 19.6. The van der Waals surface area contributed by atoms with Gasteiger partial charge in [0.25, 0.3) is 5.91 Å². The van der Waals surface area contributed by atoms with Crippen LogP contribution in [0.3, 0.4) is 0 Å². The number of hydrogen-bond acceptors (Lipinski definition) is 3. The maximum Gasteiger partial charge on any atom is 0.251 e. The van der Waals surface area contributed by atoms with Gasteiger partial charge in [0.15, 0.2) is 0 Å². The van der Waals surface area contributed by atoms with Gasteiger partial charge in [-0.2, -0.15) is 0 Å². The molecule has 26 heavy (non-hydrogen) atoms. The minimum atomic E-state index is -0.423. The number of hydrogen-bond donors (Lipinski definition) is 2. The smallest absolute Gasteiger partial charge is 0.251 e. The van der Waals surface area contributed by atoms with Gasteiger partial charge in [-0.3, -0.25) is 9.59 Å². The van der Waals surface area contributed by atoms with Crippen LogP contribution in [0.2, 0.25) is 0 Å². The van der Waals surface area contributed by atoms with Crippen LogP contribution in [0.15, 0.2) is 48.5 Å². The van der Waals surface area contributed by atoms with Crippen LogP contribution in [-0.2, 0) is 22.7 Å². The fraction of sp³-hybridized carbons (Fsp3) is 0.300. The molecule has 0 aromatic heterocycles. The van der Waals surface area contributed by atoms with Crippen LogP contribution >= 0.6 is 0 Å². The SMILES string of the molecule is CC(C)OCc1cccc(CNC(=O)CNC(=O)c2ccc(F)cc2)c1. The first-order valence-electron chi connectivity index (χ1n) is 8.44. The van der Waals surface area contributed by atoms with E-state index in [1.54, 1.807) is 0 Å². The van der Waals surface area contributed by atoms with Gasteiger partial charge in [0.2, 0.25) is 5.91 Å². The molecule has 0 bridgehead atoms. The fourth-order valence-electron chi connectivity index (χ4n) is 2.22. The first-order chi connectivity index (χ1) is 12.4. The summed E-state index contributed by atoms with van der Waals surface area (Å²) < 4.78 is 18.4. The summed E-state index contributed by atoms with van der Waals surface area (Å²) in [7, 11) is 0. The van der Waals surface area contributed by atoms with E-state index in [0.717, 1.165) is 11.1 Å². The second-order valence-electron chi connectivity index (χ2n) is 6.15. The fourth-order valence-corrected chi connectivity index (χ4v) is 2.22. The molecule has 2 aromatic rings. The highest BCUT2D eigenvalue weighted by Crippen LogP contribution is 2.08. The van der Waals surface area contributed by atoms with Gasteiger partial charge in [-0.15, -0.1) is 0 Å². The predicted octanol–water partition coefficient (Wildman–Crippen LogP) is 2.80. The third-order valence-corrected chi connectivity index (χ3v) is 3.58. The number of carbonyl (C=O) groups excluding carboxylic acids is 2. The van der Waals surface area contributed by atoms with Crippen LogP contribution in [-0.4, -0.2) is 24.5 Å². The van der Waals surface area contributed by atoms with Gasteiger partial charge in [0.1, 0.15) is 5.82 Å². The molecule has 0 aliphatic carbocycles. The van der Waals surface area contributed by atoms with E-state index in [1.165, 1.54) is 24.3 Å². The zero-order valence-electron chi connectivity index (χ0n) is 14.9. The van der Waals surface area contributed by atoms with E-state index < -0.39 is 11.7 Å². The Morgan fingerprint density at radius 2 is 1.73 bits per heavy atom. The lowest BCUT2D eigenvalue weighted by molar-refractivity contribution is -0.120. The summed E-state index contributed by atoms with van der Waals surface area (Å²) in [5, 5.41) is 5.26. The standard InChI is InChI=1S/C20H23FN2O3/c1-14(2)26-13-16-5-3-4-15(10-16)11-22-19(24)12-23-20(25)17-6-8-18(21)9-7-17/h3-10,14H,11-13H2,1-2H3,(H,22,24)(H,23,25). The molecule has 0 fully saturated rings. The maximum absolute atomic E-state index is 12.8. The van der Waals surface area contributed by atoms with Crippen molar-refractivity contribution in [3.63, 3.8) is 0 Å². The van der Waals surface area contributed by atoms with E-state index in [0.29, 0.717) is 18.7 Å². The van der Waals surface area contributed by atoms with E-state index in [-0.39, 0.29) is 18.6 Å². The van der Waals surface area contributed by atoms with Crippen molar-refractivity contribution in [2.45, 2.75) is 33.1 Å². The van der Waals surface area contributed by atoms with Crippen LogP contribution in [0.1, 0.15) is 35.3 Å². The zero-order chi connectivity index (χ0) is 18.9. The summed E-state index contributed by atoms with van der Waals surface area (Å²) in [4.78, 5) is 23.8. The van der Waals surface area contributed by atoms with Crippen molar-refractivity contribution in [3.05, 3.63) is 71.0 Å². The van der Waals surface area contributed by atoms with Gasteiger partial charge < -0.3 is 15.4 Å². The lowest BCUT2D eigenvalue weighted by Crippen LogP contribution is -2.36. The molecule has 138 valence electrons. The highest BCUT2D eigenvalue weighted by molar-refractivity contribution is 5.96. The third kappa shape index (κ3) is 6.64. The van der Waals surface area contributed by atoms with E-state index in [9.17, 15) is 14.0 Å². The molecule has 0 spiro atoms. The Hall–Kier alpha value is -2.73. The Balaban J connectivity index is 1.77. The zero-order valence-corrected chi connectivity index (χ0v) is 14.9. The molecule has 0 heterocycles. The average Bonchev–Trinajstić information content (AvgIpc) is 2.63. The van der Waals surface area contributed by atoms with Crippen molar-refractivity contribution in [3.8, 4) is 0 Å². The Morgan fingerprint density at radius 3 is 2.42 bits per heavy atom. The molecule has 0 aliphatic rings. The van der Waals surface area contributed by atoms with Crippen molar-refractivity contribution in [2.24, 2.45) is 0 Å². The summed E-state index contributed by atoms with van der Waals surface area (Å²) in [6, 6.07) is 12.9. The normalized spacial score (nSPS) is 10.6. The highest BCUT2D eigenvalue weighted by atomic mass is 19.1. The van der Waals surface area contributed by atoms with Gasteiger partial charge in [0, 0.05) is 12.1 Å². The number of amides is 2. The molecule has 0 aliphatic heterocycles. The van der Waals surface area contributed by atoms with Gasteiger partial charge >= 0.3 is 0 Å². The summed E-state index contributed by atoms with van der Waals surface area (Å²) in [5.41, 5.74) is 2.29. The van der Waals surface area contributed by atoms with E-state index in [1.807, 2.05) is 38.1 Å². The van der Waals surface area contributed by atoms with Crippen LogP contribution in [0.4, 0.5) is 4.39 Å². The van der Waals surface area contributed by atoms with Gasteiger partial charge in [-0.1, -0.05) is 24.3 Å². The lowest BCUT2D eigenvalue weighted by Gasteiger charge is -2.10. The molecule has 2 N–H and O–H groups in total. The second-order valence-corrected chi connectivity index (χ2v) is 6.15. The highest BCUT2D eigenvalue weighted by Gasteiger charge is 2.08. The quantitative estimate of drug-likeness (QED) is 0.762. The van der Waals surface area contributed by atoms with Gasteiger partial charge in [-0.05, 0) is 49.2 Å². The average molecular weight is 358 g/mol. The van der Waals surface area contributed by atoms with Crippen LogP contribution in [0, 0.1) is 5.82 Å². The minimum Gasteiger partial charge on any atom is -0.374 e. The van der Waals surface area contributed by atoms with E-state index in [2.05, 4.69) is 10.6 Å². The van der Waals surface area contributed by atoms with Crippen LogP contribution in [0.25, 0.3) is 0 Å². The predicted molar refractivity (Wildman–Crippen MR) is 96.9 cm³/mol. The van der Waals surface area contributed by atoms with Gasteiger partial charge in [0.05, 0.1) is 19.3 Å². The van der Waals surface area contributed by atoms with Crippen LogP contribution < -0.4 is 10.6 Å². The second kappa shape index (κ2) is 9.68. The third-order valence-electron chi connectivity index (χ3n) is 3.58. The molecule has 0 atom stereocenters. The van der Waals surface area contributed by atoms with Crippen molar-refractivity contribution in [2.75, 3.05) is 6.54 Å². The first-order valence-corrected chi connectivity index (χ1v) is 8.44. The minimum absolute atomic E-state index is 0.146. The van der Waals surface area contributed by atoms with Crippen molar-refractivity contribution in [1.82, 2.24) is 10.6 Å². The molecule has 2 amide bonds. The summed E-state index contributed by atoms with van der Waals surface area (Å²) >= 11 is 0. The number of nitrogens with one attached hydrogen (secondary N) is 2. The summed E-state index contributed by atoms with van der Waals surface area (Å²) in [5.74, 6) is -1.14. The number of ether oxygens (including phenoxy) is 1. The molecule has 0 saturated heterocycles. The maximum atomic E-state index is 12.8. The summed E-state index contributed by atoms with van der Waals surface area (Å²) in [6.45, 7) is 4.69. The lowest BCUT2D eigenvalue weighted by atomic mass is 10.1. The molecular weight excluding hydrogens is 335 g/mol. The van der Waals surface area contributed by atoms with E-state index >= 15 is 0 Å². The Labute approximate surface area is 152 Å². The molecular formula is C20H23FN2O3. The van der Waals surface area contributed by atoms with E-state index in [4.69, 9.17) is 4.74 Å². The Kier molecular flexibility index (Phi) is 7.29. The number of halogens is 1. The number of carbonyl (C=O) groups is 2. The largest absolute Gasteiger partial charge is 0.374 e. The monoisotopic (exact) mass is 358 g/mol. The molecule has 2 aromatic carbocycles. The molecule has 6 heteroatoms.